The highest BCUT2D eigenvalue weighted by atomic mass is 35.5. The molecule has 1 fully saturated rings. The lowest BCUT2D eigenvalue weighted by Gasteiger charge is -2.15. The molecule has 4 aromatic carbocycles. The van der Waals surface area contributed by atoms with Crippen molar-refractivity contribution in [2.75, 3.05) is 11.5 Å². The van der Waals surface area contributed by atoms with Crippen LogP contribution in [-0.4, -0.2) is 17.7 Å². The zero-order valence-electron chi connectivity index (χ0n) is 21.3. The fourth-order valence-electron chi connectivity index (χ4n) is 3.93. The quantitative estimate of drug-likeness (QED) is 0.192. The van der Waals surface area contributed by atoms with E-state index in [1.807, 2.05) is 19.1 Å². The number of thioether (sulfide) groups is 1. The number of hydrogen-bond donors (Lipinski definition) is 0. The first kappa shape index (κ1) is 27.8. The summed E-state index contributed by atoms with van der Waals surface area (Å²) in [6.07, 6.45) is 1.79. The maximum absolute atomic E-state index is 13.6. The van der Waals surface area contributed by atoms with Crippen molar-refractivity contribution in [3.05, 3.63) is 123 Å². The molecular weight excluding hydrogens is 570 g/mol. The van der Waals surface area contributed by atoms with Crippen LogP contribution in [0.2, 0.25) is 10.0 Å². The summed E-state index contributed by atoms with van der Waals surface area (Å²) < 4.78 is 25.3. The van der Waals surface area contributed by atoms with Gasteiger partial charge in [0.25, 0.3) is 5.91 Å². The van der Waals surface area contributed by atoms with Gasteiger partial charge < -0.3 is 9.47 Å². The van der Waals surface area contributed by atoms with Crippen LogP contribution in [0, 0.1) is 5.82 Å². The molecule has 1 heterocycles. The summed E-state index contributed by atoms with van der Waals surface area (Å²) in [5, 5.41) is 1.67. The molecular formula is C31H23Cl2FN2O3S. The zero-order chi connectivity index (χ0) is 28.1. The number of carbonyl (C=O) groups excluding carboxylic acids is 1. The molecule has 0 bridgehead atoms. The van der Waals surface area contributed by atoms with Gasteiger partial charge in [-0.15, -0.1) is 0 Å². The molecule has 1 saturated heterocycles. The maximum atomic E-state index is 13.6. The van der Waals surface area contributed by atoms with E-state index in [9.17, 15) is 9.18 Å². The third-order valence-corrected chi connectivity index (χ3v) is 7.26. The Bertz CT molecular complexity index is 1590. The first-order valence-electron chi connectivity index (χ1n) is 12.4. The van der Waals surface area contributed by atoms with E-state index in [1.54, 1.807) is 77.7 Å². The summed E-state index contributed by atoms with van der Waals surface area (Å²) >= 11 is 13.4. The summed E-state index contributed by atoms with van der Waals surface area (Å²) in [5.74, 6) is 0.502. The van der Waals surface area contributed by atoms with Gasteiger partial charge in [0.1, 0.15) is 12.4 Å². The van der Waals surface area contributed by atoms with E-state index in [2.05, 4.69) is 0 Å². The lowest BCUT2D eigenvalue weighted by Crippen LogP contribution is -2.28. The number of halogens is 3. The van der Waals surface area contributed by atoms with E-state index < -0.39 is 0 Å². The molecule has 9 heteroatoms. The van der Waals surface area contributed by atoms with Crippen molar-refractivity contribution < 1.29 is 18.7 Å². The third-order valence-electron chi connectivity index (χ3n) is 5.79. The minimum Gasteiger partial charge on any atom is -0.490 e. The number of ether oxygens (including phenoxy) is 2. The van der Waals surface area contributed by atoms with Gasteiger partial charge in [-0.25, -0.2) is 9.38 Å². The Kier molecular flexibility index (Phi) is 8.75. The van der Waals surface area contributed by atoms with E-state index in [0.717, 1.165) is 5.56 Å². The highest BCUT2D eigenvalue weighted by molar-refractivity contribution is 8.19. The number of hydrogen-bond acceptors (Lipinski definition) is 5. The summed E-state index contributed by atoms with van der Waals surface area (Å²) in [5.41, 5.74) is 2.77. The average molecular weight is 594 g/mol. The van der Waals surface area contributed by atoms with Crippen LogP contribution in [0.4, 0.5) is 15.8 Å². The highest BCUT2D eigenvalue weighted by Crippen LogP contribution is 2.39. The van der Waals surface area contributed by atoms with Crippen LogP contribution in [0.3, 0.4) is 0 Å². The number of aliphatic imine (C=N–C) groups is 1. The monoisotopic (exact) mass is 592 g/mol. The van der Waals surface area contributed by atoms with E-state index >= 15 is 0 Å². The smallest absolute Gasteiger partial charge is 0.271 e. The number of carbonyl (C=O) groups is 1. The third kappa shape index (κ3) is 6.67. The van der Waals surface area contributed by atoms with Crippen LogP contribution in [0.25, 0.3) is 6.08 Å². The van der Waals surface area contributed by atoms with Crippen molar-refractivity contribution >= 4 is 63.5 Å². The molecule has 0 saturated carbocycles. The van der Waals surface area contributed by atoms with Crippen LogP contribution < -0.4 is 14.4 Å². The molecule has 202 valence electrons. The molecule has 0 spiro atoms. The molecule has 1 aliphatic rings. The Labute approximate surface area is 245 Å². The molecule has 40 heavy (non-hydrogen) atoms. The SMILES string of the molecule is CCOc1cc(/C=C2\SC(=Nc3ccc(Cl)cc3)N(c3ccc(Cl)cc3)C2=O)ccc1OCc1cccc(F)c1. The van der Waals surface area contributed by atoms with Crippen molar-refractivity contribution in [2.45, 2.75) is 13.5 Å². The van der Waals surface area contributed by atoms with Crippen molar-refractivity contribution in [1.82, 2.24) is 0 Å². The number of amides is 1. The van der Waals surface area contributed by atoms with Crippen LogP contribution in [-0.2, 0) is 11.4 Å². The molecule has 0 atom stereocenters. The summed E-state index contributed by atoms with van der Waals surface area (Å²) in [6.45, 7) is 2.49. The van der Waals surface area contributed by atoms with E-state index in [-0.39, 0.29) is 18.3 Å². The van der Waals surface area contributed by atoms with E-state index in [4.69, 9.17) is 37.7 Å². The largest absolute Gasteiger partial charge is 0.490 e. The number of nitrogens with zero attached hydrogens (tertiary/aromatic N) is 2. The fraction of sp³-hybridized carbons (Fsp3) is 0.0968. The first-order valence-corrected chi connectivity index (χ1v) is 13.9. The maximum Gasteiger partial charge on any atom is 0.271 e. The summed E-state index contributed by atoms with van der Waals surface area (Å²) in [4.78, 5) is 20.4. The van der Waals surface area contributed by atoms with Crippen molar-refractivity contribution in [2.24, 2.45) is 4.99 Å². The van der Waals surface area contributed by atoms with Gasteiger partial charge in [-0.1, -0.05) is 41.4 Å². The Hall–Kier alpha value is -3.78. The Morgan fingerprint density at radius 3 is 2.33 bits per heavy atom. The highest BCUT2D eigenvalue weighted by Gasteiger charge is 2.34. The van der Waals surface area contributed by atoms with Gasteiger partial charge >= 0.3 is 0 Å². The normalized spacial score (nSPS) is 15.2. The molecule has 0 unspecified atom stereocenters. The van der Waals surface area contributed by atoms with Gasteiger partial charge in [0, 0.05) is 10.0 Å². The second-order valence-electron chi connectivity index (χ2n) is 8.66. The average Bonchev–Trinajstić information content (AvgIpc) is 3.24. The van der Waals surface area contributed by atoms with Gasteiger partial charge in [0.05, 0.1) is 22.9 Å². The van der Waals surface area contributed by atoms with E-state index in [1.165, 1.54) is 23.9 Å². The van der Waals surface area contributed by atoms with Crippen molar-refractivity contribution in [3.8, 4) is 11.5 Å². The Morgan fingerprint density at radius 2 is 1.62 bits per heavy atom. The molecule has 4 aromatic rings. The van der Waals surface area contributed by atoms with Crippen LogP contribution in [0.15, 0.2) is 101 Å². The molecule has 0 aliphatic carbocycles. The summed E-state index contributed by atoms with van der Waals surface area (Å²) in [6, 6.07) is 25.8. The zero-order valence-corrected chi connectivity index (χ0v) is 23.6. The Morgan fingerprint density at radius 1 is 0.900 bits per heavy atom. The summed E-state index contributed by atoms with van der Waals surface area (Å²) in [7, 11) is 0. The first-order chi connectivity index (χ1) is 19.4. The minimum atomic E-state index is -0.321. The molecule has 1 amide bonds. The fourth-order valence-corrected chi connectivity index (χ4v) is 5.19. The molecule has 0 aromatic heterocycles. The molecule has 5 nitrogen and oxygen atoms in total. The number of rotatable bonds is 8. The van der Waals surface area contributed by atoms with Crippen molar-refractivity contribution in [1.29, 1.82) is 0 Å². The lowest BCUT2D eigenvalue weighted by atomic mass is 10.1. The van der Waals surface area contributed by atoms with Crippen LogP contribution in [0.5, 0.6) is 11.5 Å². The van der Waals surface area contributed by atoms with Gasteiger partial charge in [-0.2, -0.15) is 0 Å². The van der Waals surface area contributed by atoms with Gasteiger partial charge in [-0.05, 0) is 109 Å². The van der Waals surface area contributed by atoms with Gasteiger partial charge in [0.2, 0.25) is 0 Å². The van der Waals surface area contributed by atoms with Crippen LogP contribution >= 0.6 is 35.0 Å². The standard InChI is InChI=1S/C31H23Cl2FN2O3S/c1-2-38-28-17-20(6-15-27(28)39-19-21-4-3-5-24(34)16-21)18-29-30(37)36(26-13-9-23(33)10-14-26)31(40-29)35-25-11-7-22(32)8-12-25/h3-18H,2,19H2,1H3/b29-18-,35-31?. The van der Waals surface area contributed by atoms with Gasteiger partial charge in [-0.3, -0.25) is 9.69 Å². The number of anilines is 1. The molecule has 0 N–H and O–H groups in total. The topological polar surface area (TPSA) is 51.1 Å². The predicted octanol–water partition coefficient (Wildman–Crippen LogP) is 8.92. The minimum absolute atomic E-state index is 0.188. The Balaban J connectivity index is 1.45. The number of amidine groups is 1. The van der Waals surface area contributed by atoms with Crippen LogP contribution in [0.1, 0.15) is 18.1 Å². The predicted molar refractivity (Wildman–Crippen MR) is 161 cm³/mol. The number of benzene rings is 4. The van der Waals surface area contributed by atoms with E-state index in [0.29, 0.717) is 55.2 Å². The van der Waals surface area contributed by atoms with Crippen molar-refractivity contribution in [3.63, 3.8) is 0 Å². The van der Waals surface area contributed by atoms with Gasteiger partial charge in [0.15, 0.2) is 16.7 Å². The molecule has 0 radical (unpaired) electrons. The lowest BCUT2D eigenvalue weighted by molar-refractivity contribution is -0.113. The second-order valence-corrected chi connectivity index (χ2v) is 10.5. The molecule has 5 rings (SSSR count). The second kappa shape index (κ2) is 12.6. The molecule has 1 aliphatic heterocycles.